The molecular formula is C22H32O3. The molecule has 0 bridgehead atoms. The summed E-state index contributed by atoms with van der Waals surface area (Å²) in [7, 11) is 1.63. The van der Waals surface area contributed by atoms with Gasteiger partial charge in [-0.25, -0.2) is 4.79 Å². The van der Waals surface area contributed by atoms with Crippen molar-refractivity contribution in [3.63, 3.8) is 0 Å². The number of ether oxygens (including phenoxy) is 2. The average Bonchev–Trinajstić information content (AvgIpc) is 2.60. The zero-order chi connectivity index (χ0) is 18.5. The topological polar surface area (TPSA) is 35.5 Å². The van der Waals surface area contributed by atoms with Crippen molar-refractivity contribution in [1.29, 1.82) is 0 Å². The molecule has 0 N–H and O–H groups in total. The van der Waals surface area contributed by atoms with Gasteiger partial charge in [0.25, 0.3) is 0 Å². The van der Waals surface area contributed by atoms with Crippen LogP contribution in [0.3, 0.4) is 0 Å². The number of hydrogen-bond donors (Lipinski definition) is 0. The Morgan fingerprint density at radius 1 is 1.20 bits per heavy atom. The molecule has 3 heteroatoms. The zero-order valence-electron chi connectivity index (χ0n) is 16.1. The van der Waals surface area contributed by atoms with E-state index in [0.717, 1.165) is 30.6 Å². The number of allylic oxidation sites excluding steroid dienone is 2. The molecule has 1 unspecified atom stereocenters. The van der Waals surface area contributed by atoms with Crippen molar-refractivity contribution in [1.82, 2.24) is 0 Å². The fraction of sp³-hybridized carbons (Fsp3) is 0.500. The Bertz CT molecular complexity index is 555. The predicted molar refractivity (Wildman–Crippen MR) is 105 cm³/mol. The number of esters is 1. The smallest absolute Gasteiger partial charge is 0.330 e. The van der Waals surface area contributed by atoms with E-state index in [1.54, 1.807) is 13.2 Å². The third-order valence-electron chi connectivity index (χ3n) is 4.18. The fourth-order valence-electron chi connectivity index (χ4n) is 2.54. The minimum Gasteiger partial charge on any atom is -0.497 e. The van der Waals surface area contributed by atoms with Crippen molar-refractivity contribution in [2.45, 2.75) is 52.9 Å². The molecule has 0 saturated carbocycles. The van der Waals surface area contributed by atoms with Gasteiger partial charge in [-0.3, -0.25) is 0 Å². The van der Waals surface area contributed by atoms with Crippen molar-refractivity contribution >= 4 is 12.0 Å². The largest absolute Gasteiger partial charge is 0.497 e. The van der Waals surface area contributed by atoms with E-state index in [9.17, 15) is 4.79 Å². The van der Waals surface area contributed by atoms with Crippen LogP contribution in [0.2, 0.25) is 0 Å². The van der Waals surface area contributed by atoms with Crippen LogP contribution in [-0.4, -0.2) is 19.7 Å². The van der Waals surface area contributed by atoms with Crippen LogP contribution in [-0.2, 0) is 9.53 Å². The molecule has 1 rings (SSSR count). The zero-order valence-corrected chi connectivity index (χ0v) is 16.1. The van der Waals surface area contributed by atoms with E-state index in [1.165, 1.54) is 24.5 Å². The Balaban J connectivity index is 2.22. The van der Waals surface area contributed by atoms with E-state index < -0.39 is 0 Å². The van der Waals surface area contributed by atoms with Gasteiger partial charge in [0.1, 0.15) is 5.75 Å². The molecule has 0 amide bonds. The number of rotatable bonds is 11. The van der Waals surface area contributed by atoms with Gasteiger partial charge in [0.05, 0.1) is 13.7 Å². The standard InChI is InChI=1S/C22H32O3/c1-5-7-18(2)8-6-9-19(3)16-17-25-22(23)15-12-20-10-13-21(24-4)14-11-20/h8,10-15,19H,5-7,9,16-17H2,1-4H3/b15-12+,18-8+. The second-order valence-electron chi connectivity index (χ2n) is 6.55. The molecular weight excluding hydrogens is 312 g/mol. The summed E-state index contributed by atoms with van der Waals surface area (Å²) in [5.74, 6) is 1.07. The van der Waals surface area contributed by atoms with E-state index in [-0.39, 0.29) is 5.97 Å². The summed E-state index contributed by atoms with van der Waals surface area (Å²) in [5.41, 5.74) is 2.42. The van der Waals surface area contributed by atoms with Gasteiger partial charge >= 0.3 is 5.97 Å². The minimum atomic E-state index is -0.290. The highest BCUT2D eigenvalue weighted by atomic mass is 16.5. The molecule has 138 valence electrons. The summed E-state index contributed by atoms with van der Waals surface area (Å²) < 4.78 is 10.4. The van der Waals surface area contributed by atoms with E-state index >= 15 is 0 Å². The van der Waals surface area contributed by atoms with E-state index in [2.05, 4.69) is 26.8 Å². The van der Waals surface area contributed by atoms with Gasteiger partial charge in [-0.15, -0.1) is 0 Å². The molecule has 0 aliphatic heterocycles. The van der Waals surface area contributed by atoms with Gasteiger partial charge in [-0.05, 0) is 62.3 Å². The Hall–Kier alpha value is -2.03. The fourth-order valence-corrected chi connectivity index (χ4v) is 2.54. The Labute approximate surface area is 152 Å². The number of carbonyl (C=O) groups is 1. The molecule has 0 radical (unpaired) electrons. The molecule has 1 atom stereocenters. The Morgan fingerprint density at radius 2 is 1.92 bits per heavy atom. The maximum atomic E-state index is 11.8. The predicted octanol–water partition coefficient (Wildman–Crippen LogP) is 5.80. The van der Waals surface area contributed by atoms with Gasteiger partial charge in [0.15, 0.2) is 0 Å². The highest BCUT2D eigenvalue weighted by Crippen LogP contribution is 2.14. The lowest BCUT2D eigenvalue weighted by atomic mass is 10.0. The molecule has 0 heterocycles. The minimum absolute atomic E-state index is 0.290. The second-order valence-corrected chi connectivity index (χ2v) is 6.55. The number of benzene rings is 1. The van der Waals surface area contributed by atoms with E-state index in [1.807, 2.05) is 24.3 Å². The lowest BCUT2D eigenvalue weighted by molar-refractivity contribution is -0.138. The highest BCUT2D eigenvalue weighted by molar-refractivity contribution is 5.87. The SMILES string of the molecule is CCC/C(C)=C/CCC(C)CCOC(=O)/C=C/c1ccc(OC)cc1. The quantitative estimate of drug-likeness (QED) is 0.289. The maximum Gasteiger partial charge on any atom is 0.330 e. The molecule has 3 nitrogen and oxygen atoms in total. The first-order chi connectivity index (χ1) is 12.0. The van der Waals surface area contributed by atoms with Crippen LogP contribution in [0.4, 0.5) is 0 Å². The van der Waals surface area contributed by atoms with Gasteiger partial charge in [-0.1, -0.05) is 44.1 Å². The number of methoxy groups -OCH3 is 1. The first kappa shape index (κ1) is 21.0. The lowest BCUT2D eigenvalue weighted by Gasteiger charge is -2.10. The van der Waals surface area contributed by atoms with E-state index in [0.29, 0.717) is 12.5 Å². The Morgan fingerprint density at radius 3 is 2.56 bits per heavy atom. The van der Waals surface area contributed by atoms with Crippen LogP contribution in [0.1, 0.15) is 58.4 Å². The summed E-state index contributed by atoms with van der Waals surface area (Å²) in [6.07, 6.45) is 11.1. The number of carbonyl (C=O) groups excluding carboxylic acids is 1. The first-order valence-electron chi connectivity index (χ1n) is 9.19. The molecule has 0 fully saturated rings. The summed E-state index contributed by atoms with van der Waals surface area (Å²) >= 11 is 0. The van der Waals surface area contributed by atoms with Crippen molar-refractivity contribution in [3.8, 4) is 5.75 Å². The average molecular weight is 344 g/mol. The van der Waals surface area contributed by atoms with Crippen LogP contribution in [0.5, 0.6) is 5.75 Å². The molecule has 0 saturated heterocycles. The van der Waals surface area contributed by atoms with Crippen molar-refractivity contribution in [2.24, 2.45) is 5.92 Å². The molecule has 0 spiro atoms. The molecule has 0 aliphatic carbocycles. The third-order valence-corrected chi connectivity index (χ3v) is 4.18. The van der Waals surface area contributed by atoms with Crippen molar-refractivity contribution < 1.29 is 14.3 Å². The van der Waals surface area contributed by atoms with Crippen LogP contribution in [0, 0.1) is 5.92 Å². The molecule has 0 aliphatic rings. The van der Waals surface area contributed by atoms with Gasteiger partial charge < -0.3 is 9.47 Å². The monoisotopic (exact) mass is 344 g/mol. The first-order valence-corrected chi connectivity index (χ1v) is 9.19. The molecule has 1 aromatic carbocycles. The van der Waals surface area contributed by atoms with Gasteiger partial charge in [0, 0.05) is 6.08 Å². The van der Waals surface area contributed by atoms with Crippen molar-refractivity contribution in [2.75, 3.05) is 13.7 Å². The Kier molecular flexibility index (Phi) is 10.4. The third kappa shape index (κ3) is 9.75. The van der Waals surface area contributed by atoms with Crippen LogP contribution >= 0.6 is 0 Å². The summed E-state index contributed by atoms with van der Waals surface area (Å²) in [4.78, 5) is 11.8. The maximum absolute atomic E-state index is 11.8. The molecule has 0 aromatic heterocycles. The van der Waals surface area contributed by atoms with Crippen LogP contribution < -0.4 is 4.74 Å². The summed E-state index contributed by atoms with van der Waals surface area (Å²) in [5, 5.41) is 0. The lowest BCUT2D eigenvalue weighted by Crippen LogP contribution is -2.06. The van der Waals surface area contributed by atoms with Crippen LogP contribution in [0.15, 0.2) is 42.0 Å². The van der Waals surface area contributed by atoms with Crippen molar-refractivity contribution in [3.05, 3.63) is 47.6 Å². The van der Waals surface area contributed by atoms with Gasteiger partial charge in [-0.2, -0.15) is 0 Å². The second kappa shape index (κ2) is 12.3. The molecule has 25 heavy (non-hydrogen) atoms. The highest BCUT2D eigenvalue weighted by Gasteiger charge is 2.04. The normalized spacial score (nSPS) is 13.0. The van der Waals surface area contributed by atoms with E-state index in [4.69, 9.17) is 9.47 Å². The molecule has 1 aromatic rings. The van der Waals surface area contributed by atoms with Gasteiger partial charge in [0.2, 0.25) is 0 Å². The summed E-state index contributed by atoms with van der Waals surface area (Å²) in [6, 6.07) is 7.53. The van der Waals surface area contributed by atoms with Crippen LogP contribution in [0.25, 0.3) is 6.08 Å². The number of hydrogen-bond acceptors (Lipinski definition) is 3. The summed E-state index contributed by atoms with van der Waals surface area (Å²) in [6.45, 7) is 7.09.